The van der Waals surface area contributed by atoms with Gasteiger partial charge in [0.25, 0.3) is 6.01 Å². The number of hydrogen-bond acceptors (Lipinski definition) is 4. The Morgan fingerprint density at radius 2 is 2.44 bits per heavy atom. The van der Waals surface area contributed by atoms with Crippen molar-refractivity contribution in [3.05, 3.63) is 12.0 Å². The molecule has 0 amide bonds. The molecule has 0 bridgehead atoms. The van der Waals surface area contributed by atoms with Gasteiger partial charge in [-0.05, 0) is 25.8 Å². The van der Waals surface area contributed by atoms with Crippen molar-refractivity contribution in [1.29, 1.82) is 0 Å². The maximum Gasteiger partial charge on any atom is 0.297 e. The van der Waals surface area contributed by atoms with Gasteiger partial charge in [-0.3, -0.25) is 0 Å². The van der Waals surface area contributed by atoms with E-state index in [1.807, 2.05) is 7.05 Å². The second kappa shape index (κ2) is 4.87. The zero-order valence-electron chi connectivity index (χ0n) is 10.4. The lowest BCUT2D eigenvalue weighted by Gasteiger charge is -2.25. The lowest BCUT2D eigenvalue weighted by molar-refractivity contribution is 0.453. The van der Waals surface area contributed by atoms with Crippen molar-refractivity contribution in [2.45, 2.75) is 39.3 Å². The van der Waals surface area contributed by atoms with Crippen LogP contribution in [0.1, 0.15) is 32.4 Å². The molecular weight excluding hydrogens is 202 g/mol. The molecule has 1 N–H and O–H groups in total. The van der Waals surface area contributed by atoms with Crippen LogP contribution in [0.5, 0.6) is 0 Å². The lowest BCUT2D eigenvalue weighted by atomic mass is 10.0. The summed E-state index contributed by atoms with van der Waals surface area (Å²) in [7, 11) is 1.92. The summed E-state index contributed by atoms with van der Waals surface area (Å²) in [6.45, 7) is 6.37. The SMILES string of the molecule is CNCc1coc(N2CCCC2C(C)C)n1. The smallest absolute Gasteiger partial charge is 0.297 e. The molecule has 1 saturated heterocycles. The van der Waals surface area contributed by atoms with Crippen LogP contribution < -0.4 is 10.2 Å². The number of anilines is 1. The second-order valence-electron chi connectivity index (χ2n) is 4.80. The van der Waals surface area contributed by atoms with Gasteiger partial charge in [0, 0.05) is 19.1 Å². The van der Waals surface area contributed by atoms with Crippen LogP contribution in [-0.2, 0) is 6.54 Å². The standard InChI is InChI=1S/C12H21N3O/c1-9(2)11-5-4-6-15(11)12-14-10(7-13-3)8-16-12/h8-9,11,13H,4-7H2,1-3H3. The Bertz CT molecular complexity index is 335. The first-order chi connectivity index (χ1) is 7.72. The van der Waals surface area contributed by atoms with Crippen LogP contribution in [0.4, 0.5) is 6.01 Å². The first-order valence-corrected chi connectivity index (χ1v) is 6.08. The van der Waals surface area contributed by atoms with E-state index >= 15 is 0 Å². The van der Waals surface area contributed by atoms with E-state index in [1.54, 1.807) is 6.26 Å². The van der Waals surface area contributed by atoms with Gasteiger partial charge in [0.2, 0.25) is 0 Å². The fourth-order valence-electron chi connectivity index (χ4n) is 2.41. The third-order valence-corrected chi connectivity index (χ3v) is 3.21. The highest BCUT2D eigenvalue weighted by atomic mass is 16.4. The number of hydrogen-bond donors (Lipinski definition) is 1. The maximum atomic E-state index is 5.56. The highest BCUT2D eigenvalue weighted by molar-refractivity contribution is 5.31. The van der Waals surface area contributed by atoms with Crippen molar-refractivity contribution in [2.24, 2.45) is 5.92 Å². The van der Waals surface area contributed by atoms with Gasteiger partial charge in [0.15, 0.2) is 0 Å². The summed E-state index contributed by atoms with van der Waals surface area (Å²) < 4.78 is 5.56. The van der Waals surface area contributed by atoms with E-state index in [-0.39, 0.29) is 0 Å². The lowest BCUT2D eigenvalue weighted by Crippen LogP contribution is -2.33. The molecule has 1 fully saturated rings. The van der Waals surface area contributed by atoms with E-state index in [1.165, 1.54) is 12.8 Å². The van der Waals surface area contributed by atoms with Crippen LogP contribution in [0.15, 0.2) is 10.7 Å². The fourth-order valence-corrected chi connectivity index (χ4v) is 2.41. The Morgan fingerprint density at radius 1 is 1.62 bits per heavy atom. The Kier molecular flexibility index (Phi) is 3.49. The number of rotatable bonds is 4. The largest absolute Gasteiger partial charge is 0.432 e. The molecule has 1 aliphatic rings. The molecule has 1 aliphatic heterocycles. The average molecular weight is 223 g/mol. The zero-order valence-corrected chi connectivity index (χ0v) is 10.4. The summed E-state index contributed by atoms with van der Waals surface area (Å²) in [6, 6.07) is 1.38. The average Bonchev–Trinajstić information content (AvgIpc) is 2.83. The van der Waals surface area contributed by atoms with Crippen LogP contribution in [0.3, 0.4) is 0 Å². The molecule has 90 valence electrons. The Balaban J connectivity index is 2.10. The summed E-state index contributed by atoms with van der Waals surface area (Å²) in [5.41, 5.74) is 0.979. The quantitative estimate of drug-likeness (QED) is 0.848. The van der Waals surface area contributed by atoms with Crippen LogP contribution >= 0.6 is 0 Å². The molecule has 2 rings (SSSR count). The molecule has 1 unspecified atom stereocenters. The molecule has 4 heteroatoms. The first-order valence-electron chi connectivity index (χ1n) is 6.08. The van der Waals surface area contributed by atoms with Gasteiger partial charge in [-0.2, -0.15) is 4.98 Å². The topological polar surface area (TPSA) is 41.3 Å². The van der Waals surface area contributed by atoms with Gasteiger partial charge in [-0.25, -0.2) is 0 Å². The summed E-state index contributed by atoms with van der Waals surface area (Å²) >= 11 is 0. The zero-order chi connectivity index (χ0) is 11.5. The minimum absolute atomic E-state index is 0.584. The van der Waals surface area contributed by atoms with Gasteiger partial charge in [0.05, 0.1) is 5.69 Å². The minimum atomic E-state index is 0.584. The Morgan fingerprint density at radius 3 is 3.12 bits per heavy atom. The summed E-state index contributed by atoms with van der Waals surface area (Å²) in [4.78, 5) is 6.82. The van der Waals surface area contributed by atoms with Crippen LogP contribution in [0.2, 0.25) is 0 Å². The molecule has 2 heterocycles. The van der Waals surface area contributed by atoms with Gasteiger partial charge >= 0.3 is 0 Å². The monoisotopic (exact) mass is 223 g/mol. The van der Waals surface area contributed by atoms with Gasteiger partial charge in [0.1, 0.15) is 6.26 Å². The van der Waals surface area contributed by atoms with Crippen molar-refractivity contribution in [1.82, 2.24) is 10.3 Å². The predicted octanol–water partition coefficient (Wildman–Crippen LogP) is 2.02. The van der Waals surface area contributed by atoms with Crippen LogP contribution in [0.25, 0.3) is 0 Å². The number of aromatic nitrogens is 1. The van der Waals surface area contributed by atoms with E-state index in [0.29, 0.717) is 12.0 Å². The molecule has 1 atom stereocenters. The van der Waals surface area contributed by atoms with Crippen molar-refractivity contribution >= 4 is 6.01 Å². The van der Waals surface area contributed by atoms with E-state index < -0.39 is 0 Å². The fraction of sp³-hybridized carbons (Fsp3) is 0.750. The predicted molar refractivity (Wildman–Crippen MR) is 64.5 cm³/mol. The van der Waals surface area contributed by atoms with Crippen LogP contribution in [-0.4, -0.2) is 24.6 Å². The Hall–Kier alpha value is -1.03. The van der Waals surface area contributed by atoms with E-state index in [2.05, 4.69) is 29.0 Å². The molecule has 0 radical (unpaired) electrons. The Labute approximate surface area is 97.0 Å². The third kappa shape index (κ3) is 2.21. The van der Waals surface area contributed by atoms with E-state index in [4.69, 9.17) is 4.42 Å². The van der Waals surface area contributed by atoms with Crippen molar-refractivity contribution in [3.8, 4) is 0 Å². The molecule has 16 heavy (non-hydrogen) atoms. The van der Waals surface area contributed by atoms with Gasteiger partial charge in [-0.1, -0.05) is 13.8 Å². The summed E-state index contributed by atoms with van der Waals surface area (Å²) in [5.74, 6) is 0.655. The first kappa shape index (κ1) is 11.5. The number of oxazole rings is 1. The summed E-state index contributed by atoms with van der Waals surface area (Å²) in [5, 5.41) is 3.08. The highest BCUT2D eigenvalue weighted by Crippen LogP contribution is 2.28. The summed E-state index contributed by atoms with van der Waals surface area (Å²) in [6.07, 6.45) is 4.25. The third-order valence-electron chi connectivity index (χ3n) is 3.21. The van der Waals surface area contributed by atoms with E-state index in [9.17, 15) is 0 Å². The van der Waals surface area contributed by atoms with Crippen molar-refractivity contribution in [2.75, 3.05) is 18.5 Å². The maximum absolute atomic E-state index is 5.56. The molecule has 0 saturated carbocycles. The minimum Gasteiger partial charge on any atom is -0.432 e. The number of nitrogens with zero attached hydrogens (tertiary/aromatic N) is 2. The molecule has 1 aromatic rings. The highest BCUT2D eigenvalue weighted by Gasteiger charge is 2.30. The van der Waals surface area contributed by atoms with Gasteiger partial charge < -0.3 is 14.6 Å². The molecule has 0 aliphatic carbocycles. The second-order valence-corrected chi connectivity index (χ2v) is 4.80. The molecule has 0 aromatic carbocycles. The molecule has 0 spiro atoms. The van der Waals surface area contributed by atoms with Crippen molar-refractivity contribution < 1.29 is 4.42 Å². The normalized spacial score (nSPS) is 21.0. The van der Waals surface area contributed by atoms with E-state index in [0.717, 1.165) is 24.8 Å². The van der Waals surface area contributed by atoms with Crippen molar-refractivity contribution in [3.63, 3.8) is 0 Å². The van der Waals surface area contributed by atoms with Gasteiger partial charge in [-0.15, -0.1) is 0 Å². The number of nitrogens with one attached hydrogen (secondary N) is 1. The van der Waals surface area contributed by atoms with Crippen LogP contribution in [0, 0.1) is 5.92 Å². The molecule has 4 nitrogen and oxygen atoms in total. The molecule has 1 aromatic heterocycles. The molecular formula is C12H21N3O.